The van der Waals surface area contributed by atoms with Gasteiger partial charge in [-0.3, -0.25) is 14.8 Å². The van der Waals surface area contributed by atoms with Gasteiger partial charge in [0, 0.05) is 42.8 Å². The molecular formula is C26H26N6O2. The van der Waals surface area contributed by atoms with Gasteiger partial charge >= 0.3 is 5.97 Å². The number of nitrogens with zero attached hydrogens (tertiary/aromatic N) is 4. The Morgan fingerprint density at radius 1 is 1.15 bits per heavy atom. The molecule has 2 aliphatic rings. The minimum absolute atomic E-state index is 0.0317. The smallest absolute Gasteiger partial charge is 0.311 e. The summed E-state index contributed by atoms with van der Waals surface area (Å²) in [6.07, 6.45) is 4.43. The number of anilines is 1. The summed E-state index contributed by atoms with van der Waals surface area (Å²) in [5.74, 6) is -0.170. The molecule has 2 N–H and O–H groups in total. The standard InChI is InChI=1S/C26H26N6O2/c1-16-3-2-4-23(31-16)25-24(29-15-30-25)17-5-6-22-19(9-17)10-20(11-28-22)32-8-7-18(14-32)26(33)34-21-12-27-13-21/h2-6,9-11,15,18,21,27H,7-8,12-14H2,1H3,(H,29,30). The molecule has 2 fully saturated rings. The third-order valence-electron chi connectivity index (χ3n) is 6.64. The van der Waals surface area contributed by atoms with E-state index in [9.17, 15) is 4.79 Å². The number of pyridine rings is 2. The van der Waals surface area contributed by atoms with Crippen LogP contribution in [0.1, 0.15) is 12.1 Å². The molecule has 34 heavy (non-hydrogen) atoms. The second-order valence-electron chi connectivity index (χ2n) is 9.04. The van der Waals surface area contributed by atoms with Gasteiger partial charge in [-0.15, -0.1) is 0 Å². The van der Waals surface area contributed by atoms with E-state index in [0.717, 1.165) is 71.0 Å². The van der Waals surface area contributed by atoms with E-state index in [2.05, 4.69) is 42.3 Å². The first-order valence-corrected chi connectivity index (χ1v) is 11.7. The Hall–Kier alpha value is -3.78. The van der Waals surface area contributed by atoms with Crippen molar-refractivity contribution < 1.29 is 9.53 Å². The maximum atomic E-state index is 12.5. The average molecular weight is 455 g/mol. The lowest BCUT2D eigenvalue weighted by Crippen LogP contribution is -2.50. The fraction of sp³-hybridized carbons (Fsp3) is 0.308. The van der Waals surface area contributed by atoms with Crippen LogP contribution < -0.4 is 10.2 Å². The summed E-state index contributed by atoms with van der Waals surface area (Å²) in [5.41, 5.74) is 6.53. The number of fused-ring (bicyclic) bond motifs is 1. The first-order valence-electron chi connectivity index (χ1n) is 11.7. The molecule has 1 atom stereocenters. The summed E-state index contributed by atoms with van der Waals surface area (Å²) < 4.78 is 5.58. The second kappa shape index (κ2) is 8.53. The number of hydrogen-bond donors (Lipinski definition) is 2. The fourth-order valence-electron chi connectivity index (χ4n) is 4.62. The number of carbonyl (C=O) groups excluding carboxylic acids is 1. The summed E-state index contributed by atoms with van der Waals surface area (Å²) in [7, 11) is 0. The highest BCUT2D eigenvalue weighted by Gasteiger charge is 2.32. The molecule has 0 spiro atoms. The van der Waals surface area contributed by atoms with Crippen molar-refractivity contribution in [3.8, 4) is 22.6 Å². The molecule has 4 aromatic rings. The third-order valence-corrected chi connectivity index (χ3v) is 6.64. The Balaban J connectivity index is 1.26. The molecule has 6 rings (SSSR count). The summed E-state index contributed by atoms with van der Waals surface area (Å²) in [5, 5.41) is 4.17. The quantitative estimate of drug-likeness (QED) is 0.447. The molecule has 0 amide bonds. The van der Waals surface area contributed by atoms with E-state index in [1.807, 2.05) is 43.5 Å². The lowest BCUT2D eigenvalue weighted by molar-refractivity contribution is -0.155. The zero-order chi connectivity index (χ0) is 23.1. The molecule has 3 aromatic heterocycles. The third kappa shape index (κ3) is 3.90. The van der Waals surface area contributed by atoms with Gasteiger partial charge < -0.3 is 19.9 Å². The number of nitrogens with one attached hydrogen (secondary N) is 2. The van der Waals surface area contributed by atoms with Crippen molar-refractivity contribution in [2.45, 2.75) is 19.4 Å². The number of carbonyl (C=O) groups is 1. The van der Waals surface area contributed by atoms with E-state index in [1.165, 1.54) is 0 Å². The van der Waals surface area contributed by atoms with Crippen LogP contribution in [0, 0.1) is 12.8 Å². The minimum Gasteiger partial charge on any atom is -0.459 e. The number of benzene rings is 1. The van der Waals surface area contributed by atoms with Crippen LogP contribution in [-0.2, 0) is 9.53 Å². The van der Waals surface area contributed by atoms with Crippen LogP contribution in [0.3, 0.4) is 0 Å². The van der Waals surface area contributed by atoms with Crippen molar-refractivity contribution in [1.82, 2.24) is 25.3 Å². The summed E-state index contributed by atoms with van der Waals surface area (Å²) >= 11 is 0. The number of hydrogen-bond acceptors (Lipinski definition) is 7. The number of aryl methyl sites for hydroxylation is 1. The SMILES string of the molecule is Cc1cccc(-c2[nH]cnc2-c2ccc3ncc(N4CCC(C(=O)OC5CNC5)C4)cc3c2)n1. The van der Waals surface area contributed by atoms with E-state index in [4.69, 9.17) is 4.74 Å². The molecule has 0 saturated carbocycles. The van der Waals surface area contributed by atoms with E-state index in [-0.39, 0.29) is 18.0 Å². The van der Waals surface area contributed by atoms with E-state index in [0.29, 0.717) is 6.54 Å². The molecule has 8 nitrogen and oxygen atoms in total. The number of imidazole rings is 1. The van der Waals surface area contributed by atoms with Crippen molar-refractivity contribution in [2.24, 2.45) is 5.92 Å². The Bertz CT molecular complexity index is 1360. The van der Waals surface area contributed by atoms with E-state index < -0.39 is 0 Å². The van der Waals surface area contributed by atoms with Crippen LogP contribution in [0.15, 0.2) is 55.0 Å². The number of aromatic nitrogens is 4. The fourth-order valence-corrected chi connectivity index (χ4v) is 4.62. The maximum Gasteiger partial charge on any atom is 0.311 e. The van der Waals surface area contributed by atoms with Crippen molar-refractivity contribution in [1.29, 1.82) is 0 Å². The molecule has 0 aliphatic carbocycles. The summed E-state index contributed by atoms with van der Waals surface area (Å²) in [4.78, 5) is 31.8. The van der Waals surface area contributed by atoms with Gasteiger partial charge in [-0.05, 0) is 43.7 Å². The molecular weight excluding hydrogens is 428 g/mol. The molecule has 1 aromatic carbocycles. The number of ether oxygens (including phenoxy) is 1. The highest BCUT2D eigenvalue weighted by Crippen LogP contribution is 2.32. The lowest BCUT2D eigenvalue weighted by Gasteiger charge is -2.28. The number of H-pyrrole nitrogens is 1. The highest BCUT2D eigenvalue weighted by molar-refractivity contribution is 5.88. The molecule has 2 saturated heterocycles. The zero-order valence-electron chi connectivity index (χ0n) is 19.0. The Morgan fingerprint density at radius 2 is 2.06 bits per heavy atom. The Morgan fingerprint density at radius 3 is 2.88 bits per heavy atom. The van der Waals surface area contributed by atoms with Crippen LogP contribution in [0.2, 0.25) is 0 Å². The van der Waals surface area contributed by atoms with Crippen LogP contribution in [-0.4, -0.2) is 58.2 Å². The van der Waals surface area contributed by atoms with Crippen LogP contribution in [0.5, 0.6) is 0 Å². The van der Waals surface area contributed by atoms with Crippen molar-refractivity contribution in [2.75, 3.05) is 31.1 Å². The first kappa shape index (κ1) is 20.8. The minimum atomic E-state index is -0.0870. The van der Waals surface area contributed by atoms with E-state index >= 15 is 0 Å². The summed E-state index contributed by atoms with van der Waals surface area (Å²) in [6.45, 7) is 4.98. The van der Waals surface area contributed by atoms with Gasteiger partial charge in [-0.25, -0.2) is 4.98 Å². The maximum absolute atomic E-state index is 12.5. The normalized spacial score (nSPS) is 18.3. The number of rotatable bonds is 5. The van der Waals surface area contributed by atoms with Gasteiger partial charge in [-0.2, -0.15) is 0 Å². The monoisotopic (exact) mass is 454 g/mol. The highest BCUT2D eigenvalue weighted by atomic mass is 16.5. The predicted octanol–water partition coefficient (Wildman–Crippen LogP) is 3.34. The molecule has 2 aliphatic heterocycles. The van der Waals surface area contributed by atoms with Crippen molar-refractivity contribution in [3.63, 3.8) is 0 Å². The number of esters is 1. The van der Waals surface area contributed by atoms with Gasteiger partial charge in [0.15, 0.2) is 0 Å². The van der Waals surface area contributed by atoms with E-state index in [1.54, 1.807) is 6.33 Å². The zero-order valence-corrected chi connectivity index (χ0v) is 19.0. The van der Waals surface area contributed by atoms with Gasteiger partial charge in [0.2, 0.25) is 0 Å². The predicted molar refractivity (Wildman–Crippen MR) is 130 cm³/mol. The molecule has 0 radical (unpaired) electrons. The Labute approximate surface area is 197 Å². The number of aromatic amines is 1. The lowest BCUT2D eigenvalue weighted by atomic mass is 10.0. The van der Waals surface area contributed by atoms with Gasteiger partial charge in [0.05, 0.1) is 46.7 Å². The molecule has 8 heteroatoms. The van der Waals surface area contributed by atoms with Gasteiger partial charge in [0.1, 0.15) is 6.10 Å². The van der Waals surface area contributed by atoms with Crippen molar-refractivity contribution >= 4 is 22.6 Å². The molecule has 1 unspecified atom stereocenters. The largest absolute Gasteiger partial charge is 0.459 e. The van der Waals surface area contributed by atoms with Crippen LogP contribution in [0.25, 0.3) is 33.5 Å². The molecule has 0 bridgehead atoms. The topological polar surface area (TPSA) is 96.0 Å². The van der Waals surface area contributed by atoms with Gasteiger partial charge in [0.25, 0.3) is 0 Å². The second-order valence-corrected chi connectivity index (χ2v) is 9.04. The molecule has 5 heterocycles. The average Bonchev–Trinajstić information content (AvgIpc) is 3.51. The van der Waals surface area contributed by atoms with Crippen LogP contribution >= 0.6 is 0 Å². The Kier molecular flexibility index (Phi) is 5.22. The first-order chi connectivity index (χ1) is 16.6. The van der Waals surface area contributed by atoms with Crippen molar-refractivity contribution in [3.05, 3.63) is 60.7 Å². The summed E-state index contributed by atoms with van der Waals surface area (Å²) in [6, 6.07) is 14.3. The van der Waals surface area contributed by atoms with Crippen LogP contribution in [0.4, 0.5) is 5.69 Å². The van der Waals surface area contributed by atoms with Gasteiger partial charge in [-0.1, -0.05) is 12.1 Å². The molecule has 172 valence electrons.